The number of amides is 1. The van der Waals surface area contributed by atoms with Crippen LogP contribution in [0.5, 0.6) is 0 Å². The molecular formula is C22H22ClNO3S. The van der Waals surface area contributed by atoms with Crippen LogP contribution in [-0.2, 0) is 15.8 Å². The third kappa shape index (κ3) is 3.39. The largest absolute Gasteiger partial charge is 0.466 e. The first-order valence-electron chi connectivity index (χ1n) is 9.38. The first-order chi connectivity index (χ1) is 13.5. The lowest BCUT2D eigenvalue weighted by molar-refractivity contribution is -0.127. The highest BCUT2D eigenvalue weighted by Gasteiger charge is 2.44. The van der Waals surface area contributed by atoms with E-state index >= 15 is 0 Å². The second-order valence-electron chi connectivity index (χ2n) is 7.33. The molecule has 1 aromatic carbocycles. The van der Waals surface area contributed by atoms with E-state index < -0.39 is 11.0 Å². The van der Waals surface area contributed by atoms with Gasteiger partial charge in [-0.15, -0.1) is 0 Å². The Morgan fingerprint density at radius 1 is 1.21 bits per heavy atom. The Morgan fingerprint density at radius 3 is 2.57 bits per heavy atom. The topological polar surface area (TPSA) is 62.5 Å². The van der Waals surface area contributed by atoms with Gasteiger partial charge in [0.05, 0.1) is 18.2 Å². The van der Waals surface area contributed by atoms with E-state index in [1.54, 1.807) is 12.1 Å². The van der Waals surface area contributed by atoms with E-state index in [1.807, 2.05) is 41.1 Å². The second kappa shape index (κ2) is 7.74. The lowest BCUT2D eigenvalue weighted by atomic mass is 9.77. The first-order valence-corrected chi connectivity index (χ1v) is 10.7. The molecule has 1 fully saturated rings. The highest BCUT2D eigenvalue weighted by molar-refractivity contribution is 7.08. The van der Waals surface area contributed by atoms with Gasteiger partial charge in [-0.1, -0.05) is 36.6 Å². The molecular weight excluding hydrogens is 394 g/mol. The monoisotopic (exact) mass is 415 g/mol. The zero-order valence-electron chi connectivity index (χ0n) is 15.4. The molecule has 1 saturated carbocycles. The summed E-state index contributed by atoms with van der Waals surface area (Å²) in [6.45, 7) is 0.0470. The molecule has 28 heavy (non-hydrogen) atoms. The summed E-state index contributed by atoms with van der Waals surface area (Å²) in [7, 11) is 0. The van der Waals surface area contributed by atoms with Crippen LogP contribution in [0, 0.1) is 0 Å². The van der Waals surface area contributed by atoms with E-state index in [-0.39, 0.29) is 12.5 Å². The van der Waals surface area contributed by atoms with Gasteiger partial charge in [0, 0.05) is 10.6 Å². The molecule has 4 rings (SSSR count). The molecule has 0 radical (unpaired) electrons. The minimum atomic E-state index is -1.40. The van der Waals surface area contributed by atoms with Gasteiger partial charge < -0.3 is 14.8 Å². The predicted molar refractivity (Wildman–Crippen MR) is 111 cm³/mol. The number of thiophene rings is 1. The van der Waals surface area contributed by atoms with Crippen LogP contribution in [0.25, 0.3) is 0 Å². The van der Waals surface area contributed by atoms with Crippen molar-refractivity contribution in [1.29, 1.82) is 0 Å². The maximum atomic E-state index is 13.4. The van der Waals surface area contributed by atoms with Gasteiger partial charge in [0.15, 0.2) is 5.60 Å². The Bertz CT molecular complexity index is 879. The number of benzene rings is 1. The number of furan rings is 1. The molecule has 1 atom stereocenters. The predicted octanol–water partition coefficient (Wildman–Crippen LogP) is 4.86. The number of nitrogens with one attached hydrogen (secondary N) is 1. The molecule has 0 saturated heterocycles. The number of halogens is 1. The average Bonchev–Trinajstić information content (AvgIpc) is 3.48. The summed E-state index contributed by atoms with van der Waals surface area (Å²) >= 11 is 7.53. The van der Waals surface area contributed by atoms with E-state index in [4.69, 9.17) is 16.0 Å². The van der Waals surface area contributed by atoms with Gasteiger partial charge in [0.1, 0.15) is 5.76 Å². The molecule has 3 aromatic rings. The zero-order valence-corrected chi connectivity index (χ0v) is 16.9. The van der Waals surface area contributed by atoms with Crippen molar-refractivity contribution in [2.75, 3.05) is 6.54 Å². The molecule has 1 amide bonds. The lowest BCUT2D eigenvalue weighted by Crippen LogP contribution is -2.48. The molecule has 2 N–H and O–H groups in total. The molecule has 6 heteroatoms. The van der Waals surface area contributed by atoms with Crippen molar-refractivity contribution < 1.29 is 14.3 Å². The van der Waals surface area contributed by atoms with Gasteiger partial charge in [0.2, 0.25) is 5.91 Å². The minimum absolute atomic E-state index is 0.0470. The van der Waals surface area contributed by atoms with Crippen LogP contribution in [0.15, 0.2) is 63.9 Å². The summed E-state index contributed by atoms with van der Waals surface area (Å²) in [5.74, 6) is 0.352. The molecule has 0 unspecified atom stereocenters. The van der Waals surface area contributed by atoms with E-state index in [9.17, 15) is 9.90 Å². The van der Waals surface area contributed by atoms with Crippen molar-refractivity contribution >= 4 is 28.8 Å². The molecule has 2 aromatic heterocycles. The van der Waals surface area contributed by atoms with E-state index in [0.717, 1.165) is 31.2 Å². The molecule has 1 aliphatic rings. The van der Waals surface area contributed by atoms with Crippen molar-refractivity contribution in [2.24, 2.45) is 0 Å². The number of aliphatic hydroxyl groups is 1. The van der Waals surface area contributed by atoms with Crippen LogP contribution in [0.2, 0.25) is 5.02 Å². The molecule has 0 spiro atoms. The van der Waals surface area contributed by atoms with Crippen molar-refractivity contribution in [1.82, 2.24) is 5.32 Å². The number of carbonyl (C=O) groups is 1. The maximum Gasteiger partial charge on any atom is 0.230 e. The third-order valence-electron chi connectivity index (χ3n) is 5.72. The van der Waals surface area contributed by atoms with Crippen LogP contribution in [-0.4, -0.2) is 17.6 Å². The number of carbonyl (C=O) groups excluding carboxylic acids is 1. The molecule has 0 aliphatic heterocycles. The summed E-state index contributed by atoms with van der Waals surface area (Å²) in [6, 6.07) is 12.8. The highest BCUT2D eigenvalue weighted by Crippen LogP contribution is 2.42. The second-order valence-corrected chi connectivity index (χ2v) is 8.54. The quantitative estimate of drug-likeness (QED) is 0.604. The Kier molecular flexibility index (Phi) is 5.32. The summed E-state index contributed by atoms with van der Waals surface area (Å²) in [4.78, 5) is 13.4. The fourth-order valence-corrected chi connectivity index (χ4v) is 4.97. The SMILES string of the molecule is O=C(NC[C@](O)(c1ccsc1)c1ccco1)C1(c2ccc(Cl)cc2)CCCC1. The fourth-order valence-electron chi connectivity index (χ4n) is 4.12. The Labute approximate surface area is 173 Å². The van der Waals surface area contributed by atoms with Gasteiger partial charge in [-0.05, 0) is 59.5 Å². The summed E-state index contributed by atoms with van der Waals surface area (Å²) in [5, 5.41) is 18.8. The van der Waals surface area contributed by atoms with E-state index in [2.05, 4.69) is 5.32 Å². The van der Waals surface area contributed by atoms with Crippen molar-refractivity contribution in [3.63, 3.8) is 0 Å². The van der Waals surface area contributed by atoms with Crippen LogP contribution < -0.4 is 5.32 Å². The molecule has 1 aliphatic carbocycles. The van der Waals surface area contributed by atoms with Gasteiger partial charge in [-0.25, -0.2) is 0 Å². The molecule has 2 heterocycles. The van der Waals surface area contributed by atoms with Crippen molar-refractivity contribution in [3.05, 3.63) is 81.4 Å². The molecule has 0 bridgehead atoms. The lowest BCUT2D eigenvalue weighted by Gasteiger charge is -2.31. The Hall–Kier alpha value is -2.08. The van der Waals surface area contributed by atoms with Gasteiger partial charge in [-0.3, -0.25) is 4.79 Å². The number of hydrogen-bond acceptors (Lipinski definition) is 4. The standard InChI is InChI=1S/C22H22ClNO3S/c23-18-7-5-16(6-8-18)21(10-1-2-11-21)20(25)24-15-22(26,17-9-13-28-14-17)19-4-3-12-27-19/h3-9,12-14,26H,1-2,10-11,15H2,(H,24,25)/t22-/m0/s1. The Balaban J connectivity index is 1.60. The normalized spacial score (nSPS) is 17.9. The van der Waals surface area contributed by atoms with Crippen LogP contribution in [0.4, 0.5) is 0 Å². The van der Waals surface area contributed by atoms with E-state index in [0.29, 0.717) is 16.3 Å². The molecule has 146 valence electrons. The van der Waals surface area contributed by atoms with E-state index in [1.165, 1.54) is 17.6 Å². The van der Waals surface area contributed by atoms with Gasteiger partial charge in [-0.2, -0.15) is 11.3 Å². The van der Waals surface area contributed by atoms with Gasteiger partial charge >= 0.3 is 0 Å². The van der Waals surface area contributed by atoms with Crippen molar-refractivity contribution in [2.45, 2.75) is 36.7 Å². The molecule has 4 nitrogen and oxygen atoms in total. The number of rotatable bonds is 6. The van der Waals surface area contributed by atoms with Crippen LogP contribution >= 0.6 is 22.9 Å². The Morgan fingerprint density at radius 2 is 1.96 bits per heavy atom. The fraction of sp³-hybridized carbons (Fsp3) is 0.318. The average molecular weight is 416 g/mol. The van der Waals surface area contributed by atoms with Crippen LogP contribution in [0.3, 0.4) is 0 Å². The summed E-state index contributed by atoms with van der Waals surface area (Å²) in [6.07, 6.45) is 5.11. The minimum Gasteiger partial charge on any atom is -0.466 e. The number of hydrogen-bond donors (Lipinski definition) is 2. The van der Waals surface area contributed by atoms with Gasteiger partial charge in [0.25, 0.3) is 0 Å². The van der Waals surface area contributed by atoms with Crippen molar-refractivity contribution in [3.8, 4) is 0 Å². The highest BCUT2D eigenvalue weighted by atomic mass is 35.5. The van der Waals surface area contributed by atoms with Crippen LogP contribution in [0.1, 0.15) is 42.6 Å². The third-order valence-corrected chi connectivity index (χ3v) is 6.66. The zero-order chi connectivity index (χ0) is 19.6. The first kappa shape index (κ1) is 19.2. The smallest absolute Gasteiger partial charge is 0.230 e. The maximum absolute atomic E-state index is 13.4. The summed E-state index contributed by atoms with van der Waals surface area (Å²) < 4.78 is 5.49. The summed E-state index contributed by atoms with van der Waals surface area (Å²) in [5.41, 5.74) is -0.300.